The third-order valence-corrected chi connectivity index (χ3v) is 3.06. The van der Waals surface area contributed by atoms with Gasteiger partial charge in [0, 0.05) is 14.6 Å². The minimum atomic E-state index is -0.157. The number of nitriles is 1. The molecule has 1 rings (SSSR count). The fraction of sp³-hybridized carbons (Fsp3) is 0.200. The molecule has 0 saturated heterocycles. The quantitative estimate of drug-likeness (QED) is 0.649. The van der Waals surface area contributed by atoms with Crippen molar-refractivity contribution in [2.24, 2.45) is 0 Å². The number of rotatable bonds is 3. The van der Waals surface area contributed by atoms with Crippen molar-refractivity contribution in [2.75, 3.05) is 6.54 Å². The van der Waals surface area contributed by atoms with Gasteiger partial charge in [-0.3, -0.25) is 4.79 Å². The van der Waals surface area contributed by atoms with Crippen molar-refractivity contribution in [1.29, 1.82) is 5.26 Å². The fourth-order valence-corrected chi connectivity index (χ4v) is 1.92. The second-order valence-corrected chi connectivity index (χ2v) is 4.89. The highest BCUT2D eigenvalue weighted by molar-refractivity contribution is 14.1. The normalized spacial score (nSPS) is 9.40. The molecule has 0 aliphatic heterocycles. The van der Waals surface area contributed by atoms with Gasteiger partial charge in [-0.2, -0.15) is 5.26 Å². The van der Waals surface area contributed by atoms with E-state index in [1.54, 1.807) is 6.07 Å². The number of nitrogens with zero attached hydrogens (tertiary/aromatic N) is 1. The maximum atomic E-state index is 11.6. The highest BCUT2D eigenvalue weighted by atomic mass is 127. The maximum Gasteiger partial charge on any atom is 0.252 e. The molecule has 0 heterocycles. The average Bonchev–Trinajstić information content (AvgIpc) is 2.22. The summed E-state index contributed by atoms with van der Waals surface area (Å²) in [7, 11) is 0. The molecule has 78 valence electrons. The average molecular weight is 379 g/mol. The van der Waals surface area contributed by atoms with Crippen LogP contribution in [0.3, 0.4) is 0 Å². The zero-order valence-corrected chi connectivity index (χ0v) is 11.5. The van der Waals surface area contributed by atoms with Crippen molar-refractivity contribution >= 4 is 44.4 Å². The van der Waals surface area contributed by atoms with Gasteiger partial charge in [0.05, 0.1) is 18.1 Å². The van der Waals surface area contributed by atoms with Crippen LogP contribution in [-0.4, -0.2) is 12.5 Å². The molecule has 1 aromatic carbocycles. The van der Waals surface area contributed by atoms with Crippen molar-refractivity contribution in [3.05, 3.63) is 31.8 Å². The Hall–Kier alpha value is -0.610. The van der Waals surface area contributed by atoms with E-state index in [1.807, 2.05) is 18.2 Å². The van der Waals surface area contributed by atoms with E-state index in [0.29, 0.717) is 18.5 Å². The van der Waals surface area contributed by atoms with Gasteiger partial charge < -0.3 is 5.32 Å². The van der Waals surface area contributed by atoms with Crippen LogP contribution >= 0.6 is 38.5 Å². The largest absolute Gasteiger partial charge is 0.351 e. The number of halogens is 2. The third-order valence-electron chi connectivity index (χ3n) is 1.70. The molecule has 0 radical (unpaired) electrons. The van der Waals surface area contributed by atoms with E-state index in [4.69, 9.17) is 5.26 Å². The Labute approximate surface area is 110 Å². The summed E-state index contributed by atoms with van der Waals surface area (Å²) >= 11 is 5.46. The second-order valence-electron chi connectivity index (χ2n) is 2.79. The first-order chi connectivity index (χ1) is 7.15. The molecule has 0 fully saturated rings. The van der Waals surface area contributed by atoms with Gasteiger partial charge in [0.15, 0.2) is 0 Å². The van der Waals surface area contributed by atoms with E-state index < -0.39 is 0 Å². The number of nitrogens with one attached hydrogen (secondary N) is 1. The number of benzene rings is 1. The van der Waals surface area contributed by atoms with Crippen LogP contribution in [0.2, 0.25) is 0 Å². The second kappa shape index (κ2) is 6.08. The lowest BCUT2D eigenvalue weighted by atomic mass is 10.2. The van der Waals surface area contributed by atoms with E-state index in [1.165, 1.54) is 0 Å². The first kappa shape index (κ1) is 12.5. The predicted octanol–water partition coefficient (Wildman–Crippen LogP) is 2.70. The Morgan fingerprint density at radius 2 is 2.33 bits per heavy atom. The van der Waals surface area contributed by atoms with Crippen molar-refractivity contribution in [2.45, 2.75) is 6.42 Å². The topological polar surface area (TPSA) is 52.9 Å². The minimum Gasteiger partial charge on any atom is -0.351 e. The molecule has 0 spiro atoms. The lowest BCUT2D eigenvalue weighted by molar-refractivity contribution is 0.0953. The van der Waals surface area contributed by atoms with Gasteiger partial charge >= 0.3 is 0 Å². The Morgan fingerprint density at radius 1 is 1.60 bits per heavy atom. The Morgan fingerprint density at radius 3 is 3.00 bits per heavy atom. The molecular weight excluding hydrogens is 371 g/mol. The molecule has 0 saturated carbocycles. The highest BCUT2D eigenvalue weighted by Crippen LogP contribution is 2.19. The molecule has 0 aliphatic rings. The summed E-state index contributed by atoms with van der Waals surface area (Å²) in [4.78, 5) is 11.6. The standard InChI is InChI=1S/C10H8BrIN2O/c11-9-3-2-7(12)6-8(9)10(15)14-5-1-4-13/h2-3,6H,1,5H2,(H,14,15). The van der Waals surface area contributed by atoms with E-state index in [9.17, 15) is 4.79 Å². The Bertz CT molecular complexity index is 414. The number of hydrogen-bond acceptors (Lipinski definition) is 2. The van der Waals surface area contributed by atoms with Gasteiger partial charge in [-0.25, -0.2) is 0 Å². The van der Waals surface area contributed by atoms with Crippen LogP contribution in [0.15, 0.2) is 22.7 Å². The van der Waals surface area contributed by atoms with Crippen LogP contribution in [0.4, 0.5) is 0 Å². The number of carbonyl (C=O) groups excluding carboxylic acids is 1. The van der Waals surface area contributed by atoms with Crippen molar-refractivity contribution in [1.82, 2.24) is 5.32 Å². The molecule has 5 heteroatoms. The van der Waals surface area contributed by atoms with E-state index in [0.717, 1.165) is 8.04 Å². The fourth-order valence-electron chi connectivity index (χ4n) is 0.999. The number of hydrogen-bond donors (Lipinski definition) is 1. The van der Waals surface area contributed by atoms with Crippen LogP contribution in [-0.2, 0) is 0 Å². The summed E-state index contributed by atoms with van der Waals surface area (Å²) in [5.74, 6) is -0.157. The summed E-state index contributed by atoms with van der Waals surface area (Å²) in [5, 5.41) is 11.0. The molecule has 0 atom stereocenters. The molecule has 0 unspecified atom stereocenters. The first-order valence-electron chi connectivity index (χ1n) is 4.25. The van der Waals surface area contributed by atoms with Gasteiger partial charge in [-0.15, -0.1) is 0 Å². The molecule has 0 aliphatic carbocycles. The van der Waals surface area contributed by atoms with Crippen LogP contribution in [0.1, 0.15) is 16.8 Å². The summed E-state index contributed by atoms with van der Waals surface area (Å²) in [6.45, 7) is 0.382. The summed E-state index contributed by atoms with van der Waals surface area (Å²) in [5.41, 5.74) is 0.597. The zero-order chi connectivity index (χ0) is 11.3. The molecule has 0 aromatic heterocycles. The molecule has 0 bridgehead atoms. The first-order valence-corrected chi connectivity index (χ1v) is 6.12. The van der Waals surface area contributed by atoms with Gasteiger partial charge in [0.1, 0.15) is 0 Å². The maximum absolute atomic E-state index is 11.6. The van der Waals surface area contributed by atoms with Crippen molar-refractivity contribution in [3.63, 3.8) is 0 Å². The number of carbonyl (C=O) groups is 1. The Kier molecular flexibility index (Phi) is 5.05. The molecule has 1 amide bonds. The van der Waals surface area contributed by atoms with Gasteiger partial charge in [0.25, 0.3) is 5.91 Å². The summed E-state index contributed by atoms with van der Waals surface area (Å²) in [6, 6.07) is 7.52. The SMILES string of the molecule is N#CCCNC(=O)c1cc(I)ccc1Br. The van der Waals surface area contributed by atoms with Gasteiger partial charge in [-0.05, 0) is 56.7 Å². The van der Waals surface area contributed by atoms with E-state index >= 15 is 0 Å². The Balaban J connectivity index is 2.73. The van der Waals surface area contributed by atoms with Crippen molar-refractivity contribution < 1.29 is 4.79 Å². The zero-order valence-electron chi connectivity index (χ0n) is 7.76. The molecule has 1 N–H and O–H groups in total. The number of amides is 1. The summed E-state index contributed by atoms with van der Waals surface area (Å²) < 4.78 is 1.76. The minimum absolute atomic E-state index is 0.157. The predicted molar refractivity (Wildman–Crippen MR) is 69.4 cm³/mol. The third kappa shape index (κ3) is 3.80. The monoisotopic (exact) mass is 378 g/mol. The highest BCUT2D eigenvalue weighted by Gasteiger charge is 2.09. The van der Waals surface area contributed by atoms with Crippen LogP contribution in [0, 0.1) is 14.9 Å². The summed E-state index contributed by atoms with van der Waals surface area (Å²) in [6.07, 6.45) is 0.327. The van der Waals surface area contributed by atoms with Gasteiger partial charge in [0.2, 0.25) is 0 Å². The van der Waals surface area contributed by atoms with Crippen LogP contribution < -0.4 is 5.32 Å². The molecule has 15 heavy (non-hydrogen) atoms. The smallest absolute Gasteiger partial charge is 0.252 e. The molecule has 3 nitrogen and oxygen atoms in total. The van der Waals surface area contributed by atoms with Crippen LogP contribution in [0.5, 0.6) is 0 Å². The van der Waals surface area contributed by atoms with E-state index in [2.05, 4.69) is 43.8 Å². The van der Waals surface area contributed by atoms with E-state index in [-0.39, 0.29) is 5.91 Å². The van der Waals surface area contributed by atoms with Crippen molar-refractivity contribution in [3.8, 4) is 6.07 Å². The van der Waals surface area contributed by atoms with Crippen LogP contribution in [0.25, 0.3) is 0 Å². The molecule has 1 aromatic rings. The lowest BCUT2D eigenvalue weighted by Crippen LogP contribution is -2.24. The van der Waals surface area contributed by atoms with Gasteiger partial charge in [-0.1, -0.05) is 0 Å². The lowest BCUT2D eigenvalue weighted by Gasteiger charge is -2.05. The molecular formula is C10H8BrIN2O.